The highest BCUT2D eigenvalue weighted by molar-refractivity contribution is 5.67. The monoisotopic (exact) mass is 377 g/mol. The van der Waals surface area contributed by atoms with Gasteiger partial charge in [0, 0.05) is 18.8 Å². The fourth-order valence-electron chi connectivity index (χ4n) is 3.65. The lowest BCUT2D eigenvalue weighted by molar-refractivity contribution is -0.136. The molecular weight excluding hydrogens is 354 g/mol. The van der Waals surface area contributed by atoms with Gasteiger partial charge >= 0.3 is 11.7 Å². The predicted molar refractivity (Wildman–Crippen MR) is 108 cm³/mol. The van der Waals surface area contributed by atoms with E-state index in [-0.39, 0.29) is 12.1 Å². The summed E-state index contributed by atoms with van der Waals surface area (Å²) < 4.78 is 3.27. The number of hydrogen-bond acceptors (Lipinski definition) is 3. The van der Waals surface area contributed by atoms with Crippen molar-refractivity contribution in [3.05, 3.63) is 82.0 Å². The van der Waals surface area contributed by atoms with Gasteiger partial charge in [0.15, 0.2) is 0 Å². The zero-order valence-electron chi connectivity index (χ0n) is 15.6. The molecule has 0 atom stereocenters. The van der Waals surface area contributed by atoms with Gasteiger partial charge in [0.05, 0.1) is 11.4 Å². The van der Waals surface area contributed by atoms with E-state index in [1.807, 2.05) is 30.3 Å². The molecule has 0 saturated carbocycles. The van der Waals surface area contributed by atoms with Gasteiger partial charge in [-0.1, -0.05) is 18.2 Å². The van der Waals surface area contributed by atoms with Crippen molar-refractivity contribution in [2.75, 3.05) is 13.1 Å². The summed E-state index contributed by atoms with van der Waals surface area (Å²) in [6.45, 7) is 1.95. The first kappa shape index (κ1) is 18.3. The number of aliphatic carboxylic acids is 1. The molecule has 2 N–H and O–H groups in total. The van der Waals surface area contributed by atoms with Crippen molar-refractivity contribution in [2.24, 2.45) is 0 Å². The number of carboxylic acids is 1. The zero-order valence-corrected chi connectivity index (χ0v) is 15.6. The molecule has 6 nitrogen and oxygen atoms in total. The van der Waals surface area contributed by atoms with E-state index < -0.39 is 5.97 Å². The number of hydrogen-bond donors (Lipinski definition) is 2. The first-order valence-electron chi connectivity index (χ1n) is 9.56. The molecule has 0 spiro atoms. The van der Waals surface area contributed by atoms with E-state index in [4.69, 9.17) is 5.11 Å². The van der Waals surface area contributed by atoms with Crippen LogP contribution < -0.4 is 11.0 Å². The van der Waals surface area contributed by atoms with Crippen molar-refractivity contribution in [1.82, 2.24) is 14.5 Å². The summed E-state index contributed by atoms with van der Waals surface area (Å²) >= 11 is 0. The molecular formula is C22H23N3O3. The van der Waals surface area contributed by atoms with Crippen LogP contribution in [0.4, 0.5) is 0 Å². The van der Waals surface area contributed by atoms with Crippen LogP contribution in [0.5, 0.6) is 0 Å². The Balaban J connectivity index is 1.60. The maximum atomic E-state index is 12.9. The van der Waals surface area contributed by atoms with Crippen LogP contribution in [-0.2, 0) is 24.1 Å². The lowest BCUT2D eigenvalue weighted by atomic mass is 10.0. The second kappa shape index (κ2) is 7.86. The molecule has 2 aromatic carbocycles. The highest BCUT2D eigenvalue weighted by atomic mass is 16.4. The van der Waals surface area contributed by atoms with Crippen molar-refractivity contribution >= 4 is 5.97 Å². The lowest BCUT2D eigenvalue weighted by Gasteiger charge is -2.09. The number of carbonyl (C=O) groups is 1. The number of nitrogens with one attached hydrogen (secondary N) is 1. The number of carboxylic acid groups (broad SMARTS) is 1. The molecule has 0 fully saturated rings. The van der Waals surface area contributed by atoms with Crippen LogP contribution in [0.3, 0.4) is 0 Å². The van der Waals surface area contributed by atoms with Crippen LogP contribution in [0.2, 0.25) is 0 Å². The second-order valence-corrected chi connectivity index (χ2v) is 7.08. The average molecular weight is 377 g/mol. The smallest absolute Gasteiger partial charge is 0.337 e. The Morgan fingerprint density at radius 1 is 0.929 bits per heavy atom. The number of aryl methyl sites for hydroxylation is 1. The Hall–Kier alpha value is -3.12. The van der Waals surface area contributed by atoms with E-state index in [1.165, 1.54) is 11.1 Å². The summed E-state index contributed by atoms with van der Waals surface area (Å²) in [6, 6.07) is 13.7. The van der Waals surface area contributed by atoms with E-state index in [0.29, 0.717) is 6.42 Å². The molecule has 0 aliphatic carbocycles. The Labute approximate surface area is 163 Å². The van der Waals surface area contributed by atoms with Gasteiger partial charge in [0.2, 0.25) is 0 Å². The van der Waals surface area contributed by atoms with Crippen LogP contribution in [0.15, 0.2) is 59.7 Å². The third kappa shape index (κ3) is 3.77. The topological polar surface area (TPSA) is 76.3 Å². The van der Waals surface area contributed by atoms with Crippen LogP contribution >= 0.6 is 0 Å². The highest BCUT2D eigenvalue weighted by Crippen LogP contribution is 2.18. The Kier molecular flexibility index (Phi) is 5.12. The molecule has 144 valence electrons. The molecule has 0 radical (unpaired) electrons. The number of rotatable bonds is 5. The third-order valence-corrected chi connectivity index (χ3v) is 5.23. The van der Waals surface area contributed by atoms with Gasteiger partial charge in [-0.25, -0.2) is 4.79 Å². The maximum Gasteiger partial charge on any atom is 0.337 e. The minimum absolute atomic E-state index is 0.101. The summed E-state index contributed by atoms with van der Waals surface area (Å²) in [5.74, 6) is -0.811. The minimum Gasteiger partial charge on any atom is -0.481 e. The third-order valence-electron chi connectivity index (χ3n) is 5.23. The molecule has 0 amide bonds. The lowest BCUT2D eigenvalue weighted by Crippen LogP contribution is -2.21. The largest absolute Gasteiger partial charge is 0.481 e. The molecule has 3 aromatic rings. The molecule has 0 bridgehead atoms. The summed E-state index contributed by atoms with van der Waals surface area (Å²) in [5.41, 5.74) is 5.11. The summed E-state index contributed by atoms with van der Waals surface area (Å²) in [5, 5.41) is 12.2. The average Bonchev–Trinajstić information content (AvgIpc) is 2.93. The summed E-state index contributed by atoms with van der Waals surface area (Å²) in [7, 11) is 0. The number of aromatic nitrogens is 2. The predicted octanol–water partition coefficient (Wildman–Crippen LogP) is 2.33. The van der Waals surface area contributed by atoms with Crippen molar-refractivity contribution in [3.8, 4) is 11.4 Å². The van der Waals surface area contributed by atoms with Crippen LogP contribution in [0.25, 0.3) is 11.4 Å². The molecule has 1 aliphatic rings. The molecule has 0 unspecified atom stereocenters. The van der Waals surface area contributed by atoms with Gasteiger partial charge in [-0.05, 0) is 73.3 Å². The van der Waals surface area contributed by atoms with E-state index in [2.05, 4.69) is 17.4 Å². The van der Waals surface area contributed by atoms with Gasteiger partial charge < -0.3 is 10.4 Å². The highest BCUT2D eigenvalue weighted by Gasteiger charge is 2.12. The normalized spacial score (nSPS) is 13.7. The Morgan fingerprint density at radius 2 is 1.57 bits per heavy atom. The molecule has 1 aromatic heterocycles. The van der Waals surface area contributed by atoms with E-state index in [1.54, 1.807) is 21.5 Å². The summed E-state index contributed by atoms with van der Waals surface area (Å²) in [4.78, 5) is 23.6. The fourth-order valence-corrected chi connectivity index (χ4v) is 3.65. The fraction of sp³-hybridized carbons (Fsp3) is 0.273. The van der Waals surface area contributed by atoms with Crippen LogP contribution in [0.1, 0.15) is 23.1 Å². The number of benzene rings is 2. The Bertz CT molecular complexity index is 1050. The Morgan fingerprint density at radius 3 is 2.29 bits per heavy atom. The number of nitrogens with zero attached hydrogens (tertiary/aromatic N) is 2. The minimum atomic E-state index is -0.811. The molecule has 0 saturated heterocycles. The van der Waals surface area contributed by atoms with Crippen molar-refractivity contribution in [1.29, 1.82) is 0 Å². The van der Waals surface area contributed by atoms with E-state index >= 15 is 0 Å². The van der Waals surface area contributed by atoms with Crippen molar-refractivity contribution < 1.29 is 9.90 Å². The van der Waals surface area contributed by atoms with E-state index in [9.17, 15) is 9.59 Å². The standard InChI is InChI=1S/C22H23N3O3/c26-21(27)8-3-16-1-5-19(6-2-16)24-13-14-25(22(24)28)20-7-4-17-9-11-23-12-10-18(17)15-20/h1-2,4-7,13-15,23H,3,8-12H2,(H,26,27). The van der Waals surface area contributed by atoms with E-state index in [0.717, 1.165) is 42.9 Å². The zero-order chi connectivity index (χ0) is 19.5. The van der Waals surface area contributed by atoms with Crippen LogP contribution in [0, 0.1) is 0 Å². The molecule has 2 heterocycles. The van der Waals surface area contributed by atoms with Gasteiger partial charge in [0.25, 0.3) is 0 Å². The number of imidazole rings is 1. The van der Waals surface area contributed by atoms with Gasteiger partial charge in [-0.15, -0.1) is 0 Å². The summed E-state index contributed by atoms with van der Waals surface area (Å²) in [6.07, 6.45) is 6.12. The molecule has 6 heteroatoms. The molecule has 1 aliphatic heterocycles. The van der Waals surface area contributed by atoms with Gasteiger partial charge in [-0.2, -0.15) is 0 Å². The van der Waals surface area contributed by atoms with Crippen molar-refractivity contribution in [2.45, 2.75) is 25.7 Å². The SMILES string of the molecule is O=C(O)CCc1ccc(-n2ccn(-c3ccc4c(c3)CCNCC4)c2=O)cc1. The molecule has 4 rings (SSSR count). The molecule has 28 heavy (non-hydrogen) atoms. The first-order chi connectivity index (χ1) is 13.6. The van der Waals surface area contributed by atoms with Gasteiger partial charge in [-0.3, -0.25) is 13.9 Å². The second-order valence-electron chi connectivity index (χ2n) is 7.08. The quantitative estimate of drug-likeness (QED) is 0.716. The van der Waals surface area contributed by atoms with Gasteiger partial charge in [0.1, 0.15) is 0 Å². The number of fused-ring (bicyclic) bond motifs is 1. The maximum absolute atomic E-state index is 12.9. The first-order valence-corrected chi connectivity index (χ1v) is 9.56. The van der Waals surface area contributed by atoms with Crippen molar-refractivity contribution in [3.63, 3.8) is 0 Å². The van der Waals surface area contributed by atoms with Crippen LogP contribution in [-0.4, -0.2) is 33.3 Å².